The number of halogens is 2. The van der Waals surface area contributed by atoms with Crippen molar-refractivity contribution in [2.75, 3.05) is 25.0 Å². The van der Waals surface area contributed by atoms with Gasteiger partial charge in [-0.3, -0.25) is 0 Å². The Labute approximate surface area is 119 Å². The van der Waals surface area contributed by atoms with E-state index >= 15 is 0 Å². The number of benzene rings is 1. The first-order valence-electron chi connectivity index (χ1n) is 7.13. The number of likely N-dealkylation sites (tertiary alicyclic amines) is 1. The van der Waals surface area contributed by atoms with Crippen LogP contribution in [-0.2, 0) is 0 Å². The summed E-state index contributed by atoms with van der Waals surface area (Å²) in [5, 5.41) is 3.63. The fourth-order valence-electron chi connectivity index (χ4n) is 2.50. The maximum atomic E-state index is 13.1. The first kappa shape index (κ1) is 14.6. The number of piperidine rings is 1. The molecule has 0 amide bonds. The summed E-state index contributed by atoms with van der Waals surface area (Å²) in [7, 11) is 0. The van der Waals surface area contributed by atoms with Crippen LogP contribution in [0.5, 0.6) is 0 Å². The van der Waals surface area contributed by atoms with E-state index in [4.69, 9.17) is 11.6 Å². The summed E-state index contributed by atoms with van der Waals surface area (Å²) in [6.45, 7) is 5.73. The summed E-state index contributed by atoms with van der Waals surface area (Å²) in [6.07, 6.45) is 4.81. The Hall–Kier alpha value is -0.800. The van der Waals surface area contributed by atoms with Crippen LogP contribution in [0.1, 0.15) is 32.6 Å². The highest BCUT2D eigenvalue weighted by molar-refractivity contribution is 6.31. The van der Waals surface area contributed by atoms with Crippen molar-refractivity contribution in [1.29, 1.82) is 0 Å². The van der Waals surface area contributed by atoms with Gasteiger partial charge in [0.25, 0.3) is 0 Å². The molecule has 0 bridgehead atoms. The Morgan fingerprint density at radius 3 is 2.74 bits per heavy atom. The maximum absolute atomic E-state index is 13.1. The molecule has 0 saturated carbocycles. The predicted octanol–water partition coefficient (Wildman–Crippen LogP) is 4.16. The third kappa shape index (κ3) is 4.36. The Balaban J connectivity index is 1.80. The van der Waals surface area contributed by atoms with Gasteiger partial charge in [-0.2, -0.15) is 0 Å². The molecule has 0 atom stereocenters. The van der Waals surface area contributed by atoms with E-state index in [-0.39, 0.29) is 10.8 Å². The first-order valence-corrected chi connectivity index (χ1v) is 7.50. The molecule has 0 radical (unpaired) electrons. The average molecular weight is 285 g/mol. The van der Waals surface area contributed by atoms with Gasteiger partial charge in [-0.1, -0.05) is 24.9 Å². The van der Waals surface area contributed by atoms with Crippen LogP contribution in [0.4, 0.5) is 10.1 Å². The van der Waals surface area contributed by atoms with E-state index in [1.807, 2.05) is 0 Å². The highest BCUT2D eigenvalue weighted by Crippen LogP contribution is 2.22. The number of nitrogens with one attached hydrogen (secondary N) is 1. The molecule has 0 aromatic heterocycles. The molecular weight excluding hydrogens is 263 g/mol. The number of anilines is 1. The quantitative estimate of drug-likeness (QED) is 0.873. The van der Waals surface area contributed by atoms with Crippen LogP contribution in [0.2, 0.25) is 5.02 Å². The van der Waals surface area contributed by atoms with Gasteiger partial charge in [0.1, 0.15) is 5.82 Å². The lowest BCUT2D eigenvalue weighted by atomic mass is 10.0. The fourth-order valence-corrected chi connectivity index (χ4v) is 2.68. The van der Waals surface area contributed by atoms with Gasteiger partial charge in [-0.05, 0) is 44.0 Å². The highest BCUT2D eigenvalue weighted by Gasteiger charge is 2.18. The molecule has 1 aromatic rings. The molecule has 0 spiro atoms. The van der Waals surface area contributed by atoms with Gasteiger partial charge in [0.05, 0.1) is 5.02 Å². The second-order valence-electron chi connectivity index (χ2n) is 5.24. The predicted molar refractivity (Wildman–Crippen MR) is 79.4 cm³/mol. The summed E-state index contributed by atoms with van der Waals surface area (Å²) < 4.78 is 13.1. The van der Waals surface area contributed by atoms with E-state index in [2.05, 4.69) is 17.1 Å². The molecule has 1 heterocycles. The summed E-state index contributed by atoms with van der Waals surface area (Å²) in [6, 6.07) is 5.31. The second-order valence-corrected chi connectivity index (χ2v) is 5.65. The molecule has 2 rings (SSSR count). The molecule has 1 fully saturated rings. The molecule has 106 valence electrons. The zero-order valence-electron chi connectivity index (χ0n) is 11.5. The Kier molecular flexibility index (Phi) is 5.46. The monoisotopic (exact) mass is 284 g/mol. The zero-order chi connectivity index (χ0) is 13.7. The third-order valence-electron chi connectivity index (χ3n) is 3.71. The molecule has 1 aromatic carbocycles. The van der Waals surface area contributed by atoms with Crippen molar-refractivity contribution in [3.05, 3.63) is 29.0 Å². The molecule has 0 unspecified atom stereocenters. The summed E-state index contributed by atoms with van der Waals surface area (Å²) >= 11 is 5.79. The topological polar surface area (TPSA) is 15.3 Å². The van der Waals surface area contributed by atoms with Crippen LogP contribution >= 0.6 is 11.6 Å². The van der Waals surface area contributed by atoms with Crippen molar-refractivity contribution in [2.45, 2.75) is 38.6 Å². The SMILES string of the molecule is CCCCN1CCC(Nc2ccc(F)c(Cl)c2)CC1. The van der Waals surface area contributed by atoms with E-state index in [1.54, 1.807) is 12.1 Å². The number of rotatable bonds is 5. The Morgan fingerprint density at radius 2 is 2.11 bits per heavy atom. The lowest BCUT2D eigenvalue weighted by molar-refractivity contribution is 0.216. The van der Waals surface area contributed by atoms with Crippen LogP contribution in [-0.4, -0.2) is 30.6 Å². The number of hydrogen-bond acceptors (Lipinski definition) is 2. The normalized spacial score (nSPS) is 17.6. The van der Waals surface area contributed by atoms with Gasteiger partial charge in [0, 0.05) is 24.8 Å². The van der Waals surface area contributed by atoms with Gasteiger partial charge in [-0.15, -0.1) is 0 Å². The fraction of sp³-hybridized carbons (Fsp3) is 0.600. The van der Waals surface area contributed by atoms with Gasteiger partial charge < -0.3 is 10.2 Å². The van der Waals surface area contributed by atoms with Gasteiger partial charge in [-0.25, -0.2) is 4.39 Å². The molecule has 1 aliphatic rings. The Morgan fingerprint density at radius 1 is 1.37 bits per heavy atom. The largest absolute Gasteiger partial charge is 0.382 e. The molecule has 1 aliphatic heterocycles. The molecule has 0 aliphatic carbocycles. The van der Waals surface area contributed by atoms with E-state index in [9.17, 15) is 4.39 Å². The van der Waals surface area contributed by atoms with Crippen molar-refractivity contribution in [3.63, 3.8) is 0 Å². The standard InChI is InChI=1S/C15H22ClFN2/c1-2-3-8-19-9-6-12(7-10-19)18-13-4-5-15(17)14(16)11-13/h4-5,11-12,18H,2-3,6-10H2,1H3. The smallest absolute Gasteiger partial charge is 0.141 e. The van der Waals surface area contributed by atoms with Crippen molar-refractivity contribution >= 4 is 17.3 Å². The third-order valence-corrected chi connectivity index (χ3v) is 4.00. The number of unbranched alkanes of at least 4 members (excludes halogenated alkanes) is 1. The van der Waals surface area contributed by atoms with Crippen LogP contribution in [0.3, 0.4) is 0 Å². The van der Waals surface area contributed by atoms with Crippen LogP contribution in [0.15, 0.2) is 18.2 Å². The van der Waals surface area contributed by atoms with Gasteiger partial charge in [0.15, 0.2) is 0 Å². The van der Waals surface area contributed by atoms with E-state index in [0.717, 1.165) is 31.6 Å². The van der Waals surface area contributed by atoms with Crippen LogP contribution in [0.25, 0.3) is 0 Å². The molecule has 2 nitrogen and oxygen atoms in total. The van der Waals surface area contributed by atoms with Crippen molar-refractivity contribution < 1.29 is 4.39 Å². The van der Waals surface area contributed by atoms with Crippen LogP contribution in [0, 0.1) is 5.82 Å². The lowest BCUT2D eigenvalue weighted by Gasteiger charge is -2.32. The number of nitrogens with zero attached hydrogens (tertiary/aromatic N) is 1. The minimum atomic E-state index is -0.360. The van der Waals surface area contributed by atoms with Crippen molar-refractivity contribution in [1.82, 2.24) is 4.90 Å². The molecule has 19 heavy (non-hydrogen) atoms. The van der Waals surface area contributed by atoms with Gasteiger partial charge >= 0.3 is 0 Å². The first-order chi connectivity index (χ1) is 9.19. The van der Waals surface area contributed by atoms with E-state index in [1.165, 1.54) is 25.5 Å². The summed E-state index contributed by atoms with van der Waals surface area (Å²) in [4.78, 5) is 2.53. The van der Waals surface area contributed by atoms with Crippen molar-refractivity contribution in [2.24, 2.45) is 0 Å². The molecule has 4 heteroatoms. The molecule has 1 saturated heterocycles. The number of hydrogen-bond donors (Lipinski definition) is 1. The van der Waals surface area contributed by atoms with E-state index in [0.29, 0.717) is 6.04 Å². The summed E-state index contributed by atoms with van der Waals surface area (Å²) in [5.41, 5.74) is 0.915. The average Bonchev–Trinajstić information content (AvgIpc) is 2.42. The molecule has 1 N–H and O–H groups in total. The van der Waals surface area contributed by atoms with E-state index < -0.39 is 0 Å². The van der Waals surface area contributed by atoms with Gasteiger partial charge in [0.2, 0.25) is 0 Å². The zero-order valence-corrected chi connectivity index (χ0v) is 12.2. The van der Waals surface area contributed by atoms with Crippen LogP contribution < -0.4 is 5.32 Å². The minimum Gasteiger partial charge on any atom is -0.382 e. The highest BCUT2D eigenvalue weighted by atomic mass is 35.5. The van der Waals surface area contributed by atoms with Crippen molar-refractivity contribution in [3.8, 4) is 0 Å². The maximum Gasteiger partial charge on any atom is 0.141 e. The lowest BCUT2D eigenvalue weighted by Crippen LogP contribution is -2.39. The second kappa shape index (κ2) is 7.11. The summed E-state index contributed by atoms with van der Waals surface area (Å²) in [5.74, 6) is -0.360. The minimum absolute atomic E-state index is 0.186. The molecular formula is C15H22ClFN2. The Bertz CT molecular complexity index is 403.